The van der Waals surface area contributed by atoms with Crippen molar-refractivity contribution >= 4 is 5.91 Å². The van der Waals surface area contributed by atoms with Gasteiger partial charge in [-0.15, -0.1) is 0 Å². The van der Waals surface area contributed by atoms with Crippen molar-refractivity contribution in [1.29, 1.82) is 0 Å². The average molecular weight is 401 g/mol. The maximum absolute atomic E-state index is 12.5. The largest absolute Gasteiger partial charge is 0.497 e. The molecule has 0 radical (unpaired) electrons. The first-order valence-corrected chi connectivity index (χ1v) is 10.1. The number of ether oxygens (including phenoxy) is 3. The van der Waals surface area contributed by atoms with Gasteiger partial charge in [-0.2, -0.15) is 4.98 Å². The Kier molecular flexibility index (Phi) is 6.41. The lowest BCUT2D eigenvalue weighted by Crippen LogP contribution is -2.48. The molecule has 3 heterocycles. The summed E-state index contributed by atoms with van der Waals surface area (Å²) in [6.07, 6.45) is 2.77. The van der Waals surface area contributed by atoms with Crippen LogP contribution in [0.4, 0.5) is 0 Å². The summed E-state index contributed by atoms with van der Waals surface area (Å²) in [7, 11) is 1.61. The zero-order chi connectivity index (χ0) is 20.1. The van der Waals surface area contributed by atoms with Crippen LogP contribution >= 0.6 is 0 Å². The summed E-state index contributed by atoms with van der Waals surface area (Å²) in [6, 6.07) is 7.14. The second kappa shape index (κ2) is 9.37. The van der Waals surface area contributed by atoms with Gasteiger partial charge >= 0.3 is 0 Å². The van der Waals surface area contributed by atoms with Crippen LogP contribution in [0, 0.1) is 5.92 Å². The number of amides is 1. The fraction of sp³-hybridized carbons (Fsp3) is 0.571. The Labute approximate surface area is 170 Å². The van der Waals surface area contributed by atoms with Crippen LogP contribution in [0.15, 0.2) is 28.8 Å². The van der Waals surface area contributed by atoms with Gasteiger partial charge < -0.3 is 23.6 Å². The van der Waals surface area contributed by atoms with Crippen molar-refractivity contribution in [2.75, 3.05) is 46.6 Å². The standard InChI is InChI=1S/C21H27N3O5/c1-26-18-4-2-16(3-5-18)21(25)24-12-17(13-24)20-22-19(23-29-20)8-11-28-14-15-6-9-27-10-7-15/h2-5,15,17H,6-14H2,1H3. The van der Waals surface area contributed by atoms with Crippen LogP contribution in [0.3, 0.4) is 0 Å². The smallest absolute Gasteiger partial charge is 0.253 e. The first-order chi connectivity index (χ1) is 14.2. The fourth-order valence-corrected chi connectivity index (χ4v) is 3.58. The van der Waals surface area contributed by atoms with Gasteiger partial charge in [-0.1, -0.05) is 5.16 Å². The fourth-order valence-electron chi connectivity index (χ4n) is 3.58. The van der Waals surface area contributed by atoms with Gasteiger partial charge in [0.2, 0.25) is 5.89 Å². The summed E-state index contributed by atoms with van der Waals surface area (Å²) in [5, 5.41) is 4.05. The lowest BCUT2D eigenvalue weighted by atomic mass is 9.98. The molecule has 8 nitrogen and oxygen atoms in total. The molecule has 1 aromatic heterocycles. The number of nitrogens with zero attached hydrogens (tertiary/aromatic N) is 3. The molecule has 156 valence electrons. The summed E-state index contributed by atoms with van der Waals surface area (Å²) >= 11 is 0. The molecule has 0 aliphatic carbocycles. The van der Waals surface area contributed by atoms with Crippen molar-refractivity contribution < 1.29 is 23.5 Å². The molecular weight excluding hydrogens is 374 g/mol. The van der Waals surface area contributed by atoms with Gasteiger partial charge in [0.25, 0.3) is 5.91 Å². The van der Waals surface area contributed by atoms with E-state index in [4.69, 9.17) is 18.7 Å². The highest BCUT2D eigenvalue weighted by molar-refractivity contribution is 5.95. The predicted octanol–water partition coefficient (Wildman–Crippen LogP) is 2.30. The molecule has 1 amide bonds. The van der Waals surface area contributed by atoms with Crippen molar-refractivity contribution in [1.82, 2.24) is 15.0 Å². The number of rotatable bonds is 8. The van der Waals surface area contributed by atoms with E-state index in [0.717, 1.165) is 38.4 Å². The second-order valence-electron chi connectivity index (χ2n) is 7.57. The number of hydrogen-bond acceptors (Lipinski definition) is 7. The Morgan fingerprint density at radius 2 is 1.97 bits per heavy atom. The molecular formula is C21H27N3O5. The maximum atomic E-state index is 12.5. The topological polar surface area (TPSA) is 86.9 Å². The van der Waals surface area contributed by atoms with E-state index < -0.39 is 0 Å². The number of hydrogen-bond donors (Lipinski definition) is 0. The molecule has 0 saturated carbocycles. The predicted molar refractivity (Wildman–Crippen MR) is 104 cm³/mol. The zero-order valence-corrected chi connectivity index (χ0v) is 16.7. The third kappa shape index (κ3) is 4.94. The molecule has 8 heteroatoms. The third-order valence-corrected chi connectivity index (χ3v) is 5.50. The first-order valence-electron chi connectivity index (χ1n) is 10.1. The molecule has 2 aromatic rings. The van der Waals surface area contributed by atoms with E-state index in [9.17, 15) is 4.79 Å². The summed E-state index contributed by atoms with van der Waals surface area (Å²) in [5.74, 6) is 2.69. The van der Waals surface area contributed by atoms with Gasteiger partial charge in [0, 0.05) is 44.9 Å². The van der Waals surface area contributed by atoms with Crippen LogP contribution in [-0.2, 0) is 15.9 Å². The number of aromatic nitrogens is 2. The van der Waals surface area contributed by atoms with Gasteiger partial charge in [0.1, 0.15) is 5.75 Å². The number of benzene rings is 1. The molecule has 2 saturated heterocycles. The highest BCUT2D eigenvalue weighted by atomic mass is 16.5. The SMILES string of the molecule is COc1ccc(C(=O)N2CC(c3nc(CCOCC4CCOCC4)no3)C2)cc1. The molecule has 2 fully saturated rings. The van der Waals surface area contributed by atoms with Crippen LogP contribution in [0.2, 0.25) is 0 Å². The van der Waals surface area contributed by atoms with Crippen molar-refractivity contribution in [3.63, 3.8) is 0 Å². The molecule has 0 spiro atoms. The van der Waals surface area contributed by atoms with Crippen LogP contribution in [0.25, 0.3) is 0 Å². The molecule has 4 rings (SSSR count). The summed E-state index contributed by atoms with van der Waals surface area (Å²) < 4.78 is 21.6. The van der Waals surface area contributed by atoms with Gasteiger partial charge in [-0.3, -0.25) is 4.79 Å². The van der Waals surface area contributed by atoms with E-state index in [1.807, 2.05) is 0 Å². The lowest BCUT2D eigenvalue weighted by Gasteiger charge is -2.37. The van der Waals surface area contributed by atoms with Crippen molar-refractivity contribution in [2.24, 2.45) is 5.92 Å². The van der Waals surface area contributed by atoms with E-state index in [2.05, 4.69) is 10.1 Å². The first kappa shape index (κ1) is 19.8. The van der Waals surface area contributed by atoms with E-state index in [1.165, 1.54) is 0 Å². The van der Waals surface area contributed by atoms with Crippen LogP contribution in [-0.4, -0.2) is 67.6 Å². The maximum Gasteiger partial charge on any atom is 0.253 e. The number of likely N-dealkylation sites (tertiary alicyclic amines) is 1. The van der Waals surface area contributed by atoms with Crippen LogP contribution in [0.5, 0.6) is 5.75 Å². The highest BCUT2D eigenvalue weighted by Gasteiger charge is 2.36. The average Bonchev–Trinajstić information content (AvgIpc) is 3.19. The van der Waals surface area contributed by atoms with Crippen LogP contribution in [0.1, 0.15) is 40.8 Å². The monoisotopic (exact) mass is 401 g/mol. The number of carbonyl (C=O) groups is 1. The Bertz CT molecular complexity index is 795. The molecule has 0 bridgehead atoms. The summed E-state index contributed by atoms with van der Waals surface area (Å²) in [5.41, 5.74) is 0.650. The molecule has 1 aromatic carbocycles. The minimum absolute atomic E-state index is 0.00477. The van der Waals surface area contributed by atoms with Crippen molar-refractivity contribution in [3.8, 4) is 5.75 Å². The molecule has 0 unspecified atom stereocenters. The Hall–Kier alpha value is -2.45. The van der Waals surface area contributed by atoms with Gasteiger partial charge in [0.15, 0.2) is 5.82 Å². The van der Waals surface area contributed by atoms with E-state index in [0.29, 0.717) is 49.3 Å². The quantitative estimate of drug-likeness (QED) is 0.627. The number of carbonyl (C=O) groups excluding carboxylic acids is 1. The Balaban J connectivity index is 1.19. The van der Waals surface area contributed by atoms with Gasteiger partial charge in [-0.25, -0.2) is 0 Å². The van der Waals surface area contributed by atoms with Crippen molar-refractivity contribution in [3.05, 3.63) is 41.5 Å². The normalized spacial score (nSPS) is 17.9. The highest BCUT2D eigenvalue weighted by Crippen LogP contribution is 2.27. The number of methoxy groups -OCH3 is 1. The molecule has 2 aliphatic heterocycles. The van der Waals surface area contributed by atoms with Crippen LogP contribution < -0.4 is 4.74 Å². The Morgan fingerprint density at radius 3 is 2.69 bits per heavy atom. The molecule has 29 heavy (non-hydrogen) atoms. The minimum Gasteiger partial charge on any atom is -0.497 e. The summed E-state index contributed by atoms with van der Waals surface area (Å²) in [6.45, 7) is 4.20. The zero-order valence-electron chi connectivity index (χ0n) is 16.7. The lowest BCUT2D eigenvalue weighted by molar-refractivity contribution is 0.0211. The third-order valence-electron chi connectivity index (χ3n) is 5.50. The second-order valence-corrected chi connectivity index (χ2v) is 7.57. The molecule has 0 N–H and O–H groups in total. The van der Waals surface area contributed by atoms with Gasteiger partial charge in [-0.05, 0) is 43.0 Å². The van der Waals surface area contributed by atoms with E-state index >= 15 is 0 Å². The molecule has 0 atom stereocenters. The van der Waals surface area contributed by atoms with Crippen molar-refractivity contribution in [2.45, 2.75) is 25.2 Å². The summed E-state index contributed by atoms with van der Waals surface area (Å²) in [4.78, 5) is 18.8. The molecule has 2 aliphatic rings. The minimum atomic E-state index is 0.00477. The Morgan fingerprint density at radius 1 is 1.21 bits per heavy atom. The van der Waals surface area contributed by atoms with Gasteiger partial charge in [0.05, 0.1) is 19.6 Å². The van der Waals surface area contributed by atoms with E-state index in [1.54, 1.807) is 36.3 Å². The van der Waals surface area contributed by atoms with E-state index in [-0.39, 0.29) is 11.8 Å².